The second-order valence-electron chi connectivity index (χ2n) is 4.63. The van der Waals surface area contributed by atoms with Crippen LogP contribution in [-0.4, -0.2) is 49.6 Å². The van der Waals surface area contributed by atoms with Crippen molar-refractivity contribution in [1.82, 2.24) is 9.03 Å². The first kappa shape index (κ1) is 16.7. The first-order valence-corrected chi connectivity index (χ1v) is 7.95. The molecule has 0 radical (unpaired) electrons. The van der Waals surface area contributed by atoms with E-state index >= 15 is 0 Å². The average Bonchev–Trinajstić information content (AvgIpc) is 2.36. The molecule has 0 aliphatic carbocycles. The molecule has 9 heteroatoms. The van der Waals surface area contributed by atoms with Crippen LogP contribution in [0.1, 0.15) is 32.6 Å². The molecule has 1 unspecified atom stereocenters. The van der Waals surface area contributed by atoms with Crippen LogP contribution in [-0.2, 0) is 19.7 Å². The van der Waals surface area contributed by atoms with Crippen molar-refractivity contribution in [2.24, 2.45) is 5.92 Å². The lowest BCUT2D eigenvalue weighted by Gasteiger charge is -2.31. The van der Waals surface area contributed by atoms with Gasteiger partial charge in [-0.05, 0) is 32.1 Å². The summed E-state index contributed by atoms with van der Waals surface area (Å²) in [7, 11) is -3.91. The fourth-order valence-electron chi connectivity index (χ4n) is 2.14. The number of carbonyl (C=O) groups is 2. The van der Waals surface area contributed by atoms with Gasteiger partial charge in [0.1, 0.15) is 0 Å². The average molecular weight is 308 g/mol. The van der Waals surface area contributed by atoms with Crippen LogP contribution in [0.5, 0.6) is 0 Å². The summed E-state index contributed by atoms with van der Waals surface area (Å²) >= 11 is 0. The first-order chi connectivity index (χ1) is 9.35. The zero-order valence-corrected chi connectivity index (χ0v) is 12.2. The molecule has 0 aromatic rings. The Hall–Kier alpha value is -1.35. The molecule has 116 valence electrons. The highest BCUT2D eigenvalue weighted by Crippen LogP contribution is 2.22. The maximum atomic E-state index is 12.0. The van der Waals surface area contributed by atoms with Crippen molar-refractivity contribution < 1.29 is 27.9 Å². The van der Waals surface area contributed by atoms with Gasteiger partial charge in [-0.15, -0.1) is 0 Å². The molecule has 1 atom stereocenters. The minimum Gasteiger partial charge on any atom is -0.481 e. The molecule has 1 aliphatic rings. The van der Waals surface area contributed by atoms with Crippen LogP contribution in [0.3, 0.4) is 0 Å². The Kier molecular flexibility index (Phi) is 6.21. The summed E-state index contributed by atoms with van der Waals surface area (Å²) < 4.78 is 31.4. The molecule has 1 rings (SSSR count). The van der Waals surface area contributed by atoms with E-state index in [2.05, 4.69) is 4.74 Å². The number of aliphatic carboxylic acids is 1. The van der Waals surface area contributed by atoms with Crippen LogP contribution in [0.4, 0.5) is 4.79 Å². The topological polar surface area (TPSA) is 113 Å². The van der Waals surface area contributed by atoms with Crippen molar-refractivity contribution in [2.75, 3.05) is 19.7 Å². The van der Waals surface area contributed by atoms with Gasteiger partial charge in [-0.1, -0.05) is 0 Å². The summed E-state index contributed by atoms with van der Waals surface area (Å²) in [6, 6.07) is 0. The monoisotopic (exact) mass is 308 g/mol. The Bertz CT molecular complexity index is 450. The molecule has 0 saturated carbocycles. The van der Waals surface area contributed by atoms with Gasteiger partial charge in [0.15, 0.2) is 0 Å². The molecular weight excluding hydrogens is 288 g/mol. The van der Waals surface area contributed by atoms with Gasteiger partial charge in [-0.2, -0.15) is 12.7 Å². The molecule has 1 fully saturated rings. The maximum absolute atomic E-state index is 12.0. The van der Waals surface area contributed by atoms with Crippen LogP contribution in [0, 0.1) is 5.92 Å². The van der Waals surface area contributed by atoms with E-state index in [0.717, 1.165) is 6.42 Å². The minimum atomic E-state index is -3.91. The second-order valence-corrected chi connectivity index (χ2v) is 6.30. The molecule has 1 amide bonds. The summed E-state index contributed by atoms with van der Waals surface area (Å²) in [6.07, 6.45) is 0.886. The number of hydrogen-bond donors (Lipinski definition) is 2. The van der Waals surface area contributed by atoms with E-state index in [9.17, 15) is 18.0 Å². The van der Waals surface area contributed by atoms with Crippen molar-refractivity contribution in [3.8, 4) is 0 Å². The van der Waals surface area contributed by atoms with E-state index in [1.165, 1.54) is 4.31 Å². The summed E-state index contributed by atoms with van der Waals surface area (Å²) in [5, 5.41) is 8.64. The van der Waals surface area contributed by atoms with Gasteiger partial charge in [-0.25, -0.2) is 9.52 Å². The van der Waals surface area contributed by atoms with E-state index in [1.807, 2.05) is 4.72 Å². The van der Waals surface area contributed by atoms with Crippen LogP contribution in [0.25, 0.3) is 0 Å². The lowest BCUT2D eigenvalue weighted by Crippen LogP contribution is -2.47. The fourth-order valence-corrected chi connectivity index (χ4v) is 3.31. The third-order valence-electron chi connectivity index (χ3n) is 3.08. The number of rotatable bonds is 6. The largest absolute Gasteiger partial charge is 0.481 e. The van der Waals surface area contributed by atoms with Crippen LogP contribution >= 0.6 is 0 Å². The molecule has 1 heterocycles. The van der Waals surface area contributed by atoms with Gasteiger partial charge in [0, 0.05) is 19.5 Å². The van der Waals surface area contributed by atoms with E-state index < -0.39 is 22.3 Å². The van der Waals surface area contributed by atoms with Crippen LogP contribution in [0.15, 0.2) is 0 Å². The Morgan fingerprint density at radius 3 is 2.75 bits per heavy atom. The number of carboxylic acid groups (broad SMARTS) is 1. The molecule has 1 saturated heterocycles. The van der Waals surface area contributed by atoms with Gasteiger partial charge in [0.2, 0.25) is 0 Å². The van der Waals surface area contributed by atoms with Gasteiger partial charge in [0.25, 0.3) is 0 Å². The van der Waals surface area contributed by atoms with Crippen molar-refractivity contribution in [3.63, 3.8) is 0 Å². The van der Waals surface area contributed by atoms with E-state index in [0.29, 0.717) is 19.4 Å². The Morgan fingerprint density at radius 1 is 1.45 bits per heavy atom. The predicted molar refractivity (Wildman–Crippen MR) is 70.2 cm³/mol. The number of nitrogens with zero attached hydrogens (tertiary/aromatic N) is 1. The van der Waals surface area contributed by atoms with Crippen molar-refractivity contribution in [1.29, 1.82) is 0 Å². The number of ether oxygens (including phenoxy) is 1. The van der Waals surface area contributed by atoms with Gasteiger partial charge in [-0.3, -0.25) is 4.79 Å². The molecule has 1 aliphatic heterocycles. The van der Waals surface area contributed by atoms with Crippen LogP contribution in [0.2, 0.25) is 0 Å². The highest BCUT2D eigenvalue weighted by Gasteiger charge is 2.30. The quantitative estimate of drug-likeness (QED) is 0.741. The number of carbonyl (C=O) groups excluding carboxylic acids is 1. The zero-order chi connectivity index (χ0) is 15.2. The first-order valence-electron chi connectivity index (χ1n) is 6.51. The minimum absolute atomic E-state index is 0.00128. The van der Waals surface area contributed by atoms with E-state index in [-0.39, 0.29) is 25.5 Å². The fraction of sp³-hybridized carbons (Fsp3) is 0.818. The van der Waals surface area contributed by atoms with Crippen molar-refractivity contribution in [3.05, 3.63) is 0 Å². The predicted octanol–water partition coefficient (Wildman–Crippen LogP) is 0.554. The van der Waals surface area contributed by atoms with Crippen molar-refractivity contribution in [2.45, 2.75) is 32.6 Å². The van der Waals surface area contributed by atoms with Gasteiger partial charge >= 0.3 is 22.3 Å². The molecule has 0 bridgehead atoms. The number of carboxylic acids is 1. The van der Waals surface area contributed by atoms with Crippen molar-refractivity contribution >= 4 is 22.3 Å². The molecule has 8 nitrogen and oxygen atoms in total. The molecular formula is C11H20N2O6S. The third-order valence-corrected chi connectivity index (χ3v) is 4.51. The highest BCUT2D eigenvalue weighted by atomic mass is 32.2. The third kappa shape index (κ3) is 5.33. The summed E-state index contributed by atoms with van der Waals surface area (Å²) in [5.74, 6) is -0.895. The lowest BCUT2D eigenvalue weighted by molar-refractivity contribution is -0.137. The Labute approximate surface area is 118 Å². The number of hydrogen-bond acceptors (Lipinski definition) is 5. The van der Waals surface area contributed by atoms with Gasteiger partial charge in [0.05, 0.1) is 6.61 Å². The normalized spacial score (nSPS) is 20.4. The number of piperidine rings is 1. The lowest BCUT2D eigenvalue weighted by atomic mass is 9.95. The Balaban J connectivity index is 2.56. The standard InChI is InChI=1S/C11H20N2O6S/c1-2-19-11(16)12-20(17,18)13-7-3-4-9(8-13)5-6-10(14)15/h9H,2-8H2,1H3,(H,12,16)(H,14,15). The summed E-state index contributed by atoms with van der Waals surface area (Å²) in [5.41, 5.74) is 0. The molecule has 0 aromatic heterocycles. The SMILES string of the molecule is CCOC(=O)NS(=O)(=O)N1CCCC(CCC(=O)O)C1. The van der Waals surface area contributed by atoms with Gasteiger partial charge < -0.3 is 9.84 Å². The van der Waals surface area contributed by atoms with E-state index in [4.69, 9.17) is 5.11 Å². The van der Waals surface area contributed by atoms with Crippen LogP contribution < -0.4 is 4.72 Å². The molecule has 0 spiro atoms. The highest BCUT2D eigenvalue weighted by molar-refractivity contribution is 7.87. The smallest absolute Gasteiger partial charge is 0.421 e. The number of amides is 1. The maximum Gasteiger partial charge on any atom is 0.421 e. The van der Waals surface area contributed by atoms with E-state index in [1.54, 1.807) is 6.92 Å². The summed E-state index contributed by atoms with van der Waals surface area (Å²) in [4.78, 5) is 21.7. The summed E-state index contributed by atoms with van der Waals surface area (Å²) in [6.45, 7) is 2.21. The molecule has 2 N–H and O–H groups in total. The molecule has 20 heavy (non-hydrogen) atoms. The zero-order valence-electron chi connectivity index (χ0n) is 11.4. The Morgan fingerprint density at radius 2 is 2.15 bits per heavy atom. The molecule has 0 aromatic carbocycles. The second kappa shape index (κ2) is 7.44. The number of nitrogens with one attached hydrogen (secondary N) is 1.